The van der Waals surface area contributed by atoms with Gasteiger partial charge in [0.2, 0.25) is 0 Å². The summed E-state index contributed by atoms with van der Waals surface area (Å²) in [5, 5.41) is 1.23. The summed E-state index contributed by atoms with van der Waals surface area (Å²) in [7, 11) is 0. The Kier molecular flexibility index (Phi) is 6.17. The molecule has 0 aliphatic rings. The largest absolute Gasteiger partial charge is 0.330 e. The quantitative estimate of drug-likeness (QED) is 0.629. The zero-order valence-corrected chi connectivity index (χ0v) is 7.66. The Labute approximate surface area is 67.7 Å². The monoisotopic (exact) mass is 162 g/mol. The van der Waals surface area contributed by atoms with Gasteiger partial charge < -0.3 is 11.5 Å². The van der Waals surface area contributed by atoms with Crippen LogP contribution in [-0.4, -0.2) is 23.6 Å². The molecule has 0 aliphatic heterocycles. The molecular formula is C7H18N2S. The lowest BCUT2D eigenvalue weighted by Crippen LogP contribution is -2.17. The summed E-state index contributed by atoms with van der Waals surface area (Å²) in [6.07, 6.45) is 1.09. The lowest BCUT2D eigenvalue weighted by Gasteiger charge is -2.13. The van der Waals surface area contributed by atoms with Crippen LogP contribution in [0.4, 0.5) is 0 Å². The van der Waals surface area contributed by atoms with E-state index in [1.165, 1.54) is 0 Å². The maximum Gasteiger partial charge on any atom is 0.0144 e. The van der Waals surface area contributed by atoms with Crippen LogP contribution < -0.4 is 11.5 Å². The van der Waals surface area contributed by atoms with Gasteiger partial charge >= 0.3 is 0 Å². The lowest BCUT2D eigenvalue weighted by atomic mass is 10.3. The third kappa shape index (κ3) is 5.09. The zero-order valence-electron chi connectivity index (χ0n) is 6.84. The second-order valence-corrected chi connectivity index (χ2v) is 4.45. The molecule has 4 N–H and O–H groups in total. The van der Waals surface area contributed by atoms with E-state index in [-0.39, 0.29) is 0 Å². The van der Waals surface area contributed by atoms with Gasteiger partial charge in [-0.2, -0.15) is 11.8 Å². The molecule has 0 aliphatic carbocycles. The first-order chi connectivity index (χ1) is 4.70. The first kappa shape index (κ1) is 10.3. The van der Waals surface area contributed by atoms with Crippen LogP contribution in [0.3, 0.4) is 0 Å². The summed E-state index contributed by atoms with van der Waals surface area (Å²) in [6, 6.07) is 0. The van der Waals surface area contributed by atoms with Gasteiger partial charge in [-0.05, 0) is 13.0 Å². The Morgan fingerprint density at radius 3 is 2.20 bits per heavy atom. The Balaban J connectivity index is 3.27. The number of nitrogens with two attached hydrogens (primary N) is 2. The maximum absolute atomic E-state index is 5.46. The maximum atomic E-state index is 5.46. The van der Waals surface area contributed by atoms with Crippen molar-refractivity contribution in [1.82, 2.24) is 0 Å². The van der Waals surface area contributed by atoms with Crippen LogP contribution in [0.2, 0.25) is 0 Å². The van der Waals surface area contributed by atoms with Crippen molar-refractivity contribution in [3.8, 4) is 0 Å². The lowest BCUT2D eigenvalue weighted by molar-refractivity contribution is 0.813. The molecule has 0 saturated carbocycles. The van der Waals surface area contributed by atoms with Gasteiger partial charge in [0, 0.05) is 17.0 Å². The van der Waals surface area contributed by atoms with E-state index in [1.54, 1.807) is 0 Å². The predicted molar refractivity (Wildman–Crippen MR) is 49.2 cm³/mol. The highest BCUT2D eigenvalue weighted by Gasteiger charge is 2.05. The van der Waals surface area contributed by atoms with Gasteiger partial charge in [0.1, 0.15) is 0 Å². The number of thioether (sulfide) groups is 1. The van der Waals surface area contributed by atoms with Crippen LogP contribution in [0.15, 0.2) is 0 Å². The van der Waals surface area contributed by atoms with Gasteiger partial charge in [-0.1, -0.05) is 13.8 Å². The van der Waals surface area contributed by atoms with Gasteiger partial charge in [-0.3, -0.25) is 0 Å². The molecule has 0 saturated heterocycles. The fourth-order valence-electron chi connectivity index (χ4n) is 0.755. The molecule has 0 rings (SSSR count). The van der Waals surface area contributed by atoms with Crippen LogP contribution in [-0.2, 0) is 0 Å². The highest BCUT2D eigenvalue weighted by atomic mass is 32.2. The molecule has 0 aromatic carbocycles. The van der Waals surface area contributed by atoms with Crippen LogP contribution >= 0.6 is 11.8 Å². The van der Waals surface area contributed by atoms with E-state index in [2.05, 4.69) is 13.8 Å². The molecule has 3 heteroatoms. The molecule has 62 valence electrons. The summed E-state index contributed by atoms with van der Waals surface area (Å²) < 4.78 is 0. The van der Waals surface area contributed by atoms with Crippen molar-refractivity contribution >= 4 is 11.8 Å². The van der Waals surface area contributed by atoms with Gasteiger partial charge in [0.15, 0.2) is 0 Å². The minimum Gasteiger partial charge on any atom is -0.330 e. The van der Waals surface area contributed by atoms with E-state index in [0.717, 1.165) is 19.5 Å². The Morgan fingerprint density at radius 2 is 1.80 bits per heavy atom. The second-order valence-electron chi connectivity index (χ2n) is 2.57. The van der Waals surface area contributed by atoms with Crippen molar-refractivity contribution < 1.29 is 0 Å². The molecule has 0 fully saturated rings. The third-order valence-electron chi connectivity index (χ3n) is 1.37. The molecule has 0 bridgehead atoms. The zero-order chi connectivity index (χ0) is 7.98. The third-order valence-corrected chi connectivity index (χ3v) is 2.73. The van der Waals surface area contributed by atoms with Gasteiger partial charge in [-0.15, -0.1) is 0 Å². The van der Waals surface area contributed by atoms with Crippen molar-refractivity contribution in [2.75, 3.05) is 13.1 Å². The minimum absolute atomic E-state index is 0.571. The van der Waals surface area contributed by atoms with Crippen molar-refractivity contribution in [1.29, 1.82) is 0 Å². The Morgan fingerprint density at radius 1 is 1.20 bits per heavy atom. The first-order valence-electron chi connectivity index (χ1n) is 3.76. The van der Waals surface area contributed by atoms with E-state index < -0.39 is 0 Å². The molecule has 0 aromatic heterocycles. The number of hydrogen-bond donors (Lipinski definition) is 2. The molecule has 0 aromatic rings. The van der Waals surface area contributed by atoms with Gasteiger partial charge in [0.25, 0.3) is 0 Å². The molecule has 2 nitrogen and oxygen atoms in total. The Hall–Kier alpha value is 0.270. The average Bonchev–Trinajstić information content (AvgIpc) is 1.88. The SMILES string of the molecule is CC(CN)SC(C)CCN. The summed E-state index contributed by atoms with van der Waals surface area (Å²) in [5.74, 6) is 0. The molecule has 10 heavy (non-hydrogen) atoms. The summed E-state index contributed by atoms with van der Waals surface area (Å²) >= 11 is 1.92. The molecular weight excluding hydrogens is 144 g/mol. The smallest absolute Gasteiger partial charge is 0.0144 e. The molecule has 0 radical (unpaired) electrons. The fourth-order valence-corrected chi connectivity index (χ4v) is 1.93. The van der Waals surface area contributed by atoms with Crippen LogP contribution in [0.25, 0.3) is 0 Å². The van der Waals surface area contributed by atoms with E-state index in [1.807, 2.05) is 11.8 Å². The predicted octanol–water partition coefficient (Wildman–Crippen LogP) is 0.804. The van der Waals surface area contributed by atoms with Crippen molar-refractivity contribution in [2.24, 2.45) is 11.5 Å². The molecule has 0 amide bonds. The summed E-state index contributed by atoms with van der Waals surface area (Å²) in [4.78, 5) is 0. The number of rotatable bonds is 5. The van der Waals surface area contributed by atoms with Crippen LogP contribution in [0, 0.1) is 0 Å². The molecule has 0 heterocycles. The van der Waals surface area contributed by atoms with Gasteiger partial charge in [-0.25, -0.2) is 0 Å². The highest BCUT2D eigenvalue weighted by molar-refractivity contribution is 8.00. The van der Waals surface area contributed by atoms with E-state index in [4.69, 9.17) is 11.5 Å². The van der Waals surface area contributed by atoms with E-state index in [0.29, 0.717) is 10.5 Å². The van der Waals surface area contributed by atoms with Crippen LogP contribution in [0.1, 0.15) is 20.3 Å². The fraction of sp³-hybridized carbons (Fsp3) is 1.00. The van der Waals surface area contributed by atoms with Crippen LogP contribution in [0.5, 0.6) is 0 Å². The minimum atomic E-state index is 0.571. The standard InChI is InChI=1S/C7H18N2S/c1-6(3-4-8)10-7(2)5-9/h6-7H,3-5,8-9H2,1-2H3. The number of hydrogen-bond acceptors (Lipinski definition) is 3. The average molecular weight is 162 g/mol. The van der Waals surface area contributed by atoms with Crippen molar-refractivity contribution in [3.05, 3.63) is 0 Å². The first-order valence-corrected chi connectivity index (χ1v) is 4.70. The second kappa shape index (κ2) is 6.01. The highest BCUT2D eigenvalue weighted by Crippen LogP contribution is 2.18. The normalized spacial score (nSPS) is 16.8. The van der Waals surface area contributed by atoms with E-state index >= 15 is 0 Å². The summed E-state index contributed by atoms with van der Waals surface area (Å²) in [6.45, 7) is 5.90. The molecule has 2 atom stereocenters. The Bertz CT molecular complexity index is 78.0. The van der Waals surface area contributed by atoms with Crippen molar-refractivity contribution in [2.45, 2.75) is 30.8 Å². The molecule has 0 spiro atoms. The van der Waals surface area contributed by atoms with E-state index in [9.17, 15) is 0 Å². The molecule has 2 unspecified atom stereocenters. The van der Waals surface area contributed by atoms with Gasteiger partial charge in [0.05, 0.1) is 0 Å². The topological polar surface area (TPSA) is 52.0 Å². The van der Waals surface area contributed by atoms with Crippen molar-refractivity contribution in [3.63, 3.8) is 0 Å². The summed E-state index contributed by atoms with van der Waals surface area (Å²) in [5.41, 5.74) is 10.9.